The molecule has 0 amide bonds. The van der Waals surface area contributed by atoms with Gasteiger partial charge in [-0.15, -0.1) is 0 Å². The minimum absolute atomic E-state index is 0.306. The van der Waals surface area contributed by atoms with Crippen molar-refractivity contribution in [1.82, 2.24) is 0 Å². The molecule has 0 N–H and O–H groups in total. The summed E-state index contributed by atoms with van der Waals surface area (Å²) in [5, 5.41) is 9.91. The Morgan fingerprint density at radius 2 is 2.00 bits per heavy atom. The third-order valence-electron chi connectivity index (χ3n) is 1.38. The van der Waals surface area contributed by atoms with Gasteiger partial charge in [0.25, 0.3) is 0 Å². The number of hydrogen-bond acceptors (Lipinski definition) is 2. The van der Waals surface area contributed by atoms with E-state index in [0.717, 1.165) is 12.6 Å². The molecule has 0 aliphatic rings. The van der Waals surface area contributed by atoms with Crippen LogP contribution in [0.5, 0.6) is 0 Å². The predicted octanol–water partition coefficient (Wildman–Crippen LogP) is 2.46. The quantitative estimate of drug-likeness (QED) is 0.464. The molecule has 0 saturated carbocycles. The van der Waals surface area contributed by atoms with Crippen molar-refractivity contribution in [2.24, 2.45) is 11.8 Å². The van der Waals surface area contributed by atoms with Gasteiger partial charge >= 0.3 is 0 Å². The molecular weight excluding hydrogens is 142 g/mol. The predicted molar refractivity (Wildman–Crippen MR) is 44.8 cm³/mol. The first kappa shape index (κ1) is 10.1. The molecule has 0 aromatic rings. The lowest BCUT2D eigenvalue weighted by molar-refractivity contribution is -0.402. The van der Waals surface area contributed by atoms with Gasteiger partial charge in [0.15, 0.2) is 0 Å². The fraction of sp³-hybridized carbons (Fsp3) is 0.750. The van der Waals surface area contributed by atoms with Gasteiger partial charge in [-0.3, -0.25) is 10.1 Å². The van der Waals surface area contributed by atoms with Gasteiger partial charge in [-0.2, -0.15) is 0 Å². The molecule has 0 spiro atoms. The molecule has 3 heteroatoms. The molecule has 64 valence electrons. The number of rotatable bonds is 4. The molecule has 1 unspecified atom stereocenters. The van der Waals surface area contributed by atoms with Crippen molar-refractivity contribution in [2.75, 3.05) is 0 Å². The fourth-order valence-corrected chi connectivity index (χ4v) is 1.04. The Morgan fingerprint density at radius 1 is 1.45 bits per heavy atom. The van der Waals surface area contributed by atoms with E-state index in [9.17, 15) is 10.1 Å². The number of nitro groups is 1. The number of allylic oxidation sites excluding steroid dienone is 1. The van der Waals surface area contributed by atoms with Crippen LogP contribution in [0.2, 0.25) is 0 Å². The third kappa shape index (κ3) is 7.03. The molecule has 0 heterocycles. The van der Waals surface area contributed by atoms with Crippen molar-refractivity contribution in [3.63, 3.8) is 0 Å². The molecule has 0 saturated heterocycles. The van der Waals surface area contributed by atoms with Gasteiger partial charge < -0.3 is 0 Å². The van der Waals surface area contributed by atoms with Crippen LogP contribution in [0.25, 0.3) is 0 Å². The normalized spacial score (nSPS) is 14.2. The molecule has 0 radical (unpaired) electrons. The Kier molecular flexibility index (Phi) is 4.50. The molecule has 3 nitrogen and oxygen atoms in total. The van der Waals surface area contributed by atoms with E-state index in [1.807, 2.05) is 6.92 Å². The van der Waals surface area contributed by atoms with Crippen molar-refractivity contribution in [3.8, 4) is 0 Å². The highest BCUT2D eigenvalue weighted by Crippen LogP contribution is 2.11. The molecule has 11 heavy (non-hydrogen) atoms. The molecule has 0 aromatic carbocycles. The summed E-state index contributed by atoms with van der Waals surface area (Å²) in [5.74, 6) is 0.904. The largest absolute Gasteiger partial charge is 0.259 e. The second kappa shape index (κ2) is 4.88. The van der Waals surface area contributed by atoms with Crippen LogP contribution >= 0.6 is 0 Å². The van der Waals surface area contributed by atoms with Crippen LogP contribution in [0.3, 0.4) is 0 Å². The first-order valence-electron chi connectivity index (χ1n) is 3.84. The Labute approximate surface area is 67.3 Å². The van der Waals surface area contributed by atoms with Crippen LogP contribution in [-0.4, -0.2) is 4.92 Å². The van der Waals surface area contributed by atoms with Gasteiger partial charge in [0.2, 0.25) is 6.20 Å². The first-order valence-corrected chi connectivity index (χ1v) is 3.84. The van der Waals surface area contributed by atoms with Crippen molar-refractivity contribution < 1.29 is 4.92 Å². The number of nitrogens with zero attached hydrogens (tertiary/aromatic N) is 1. The molecule has 0 aliphatic carbocycles. The van der Waals surface area contributed by atoms with Crippen LogP contribution in [0.4, 0.5) is 0 Å². The molecule has 0 bridgehead atoms. The Morgan fingerprint density at radius 3 is 2.36 bits per heavy atom. The maximum Gasteiger partial charge on any atom is 0.230 e. The smallest absolute Gasteiger partial charge is 0.230 e. The summed E-state index contributed by atoms with van der Waals surface area (Å²) in [6.45, 7) is 6.20. The summed E-state index contributed by atoms with van der Waals surface area (Å²) in [5.41, 5.74) is 0. The van der Waals surface area contributed by atoms with Gasteiger partial charge in [0, 0.05) is 0 Å². The SMILES string of the molecule is CC(C)CC(C)/C=C/[N+](=O)[O-]. The van der Waals surface area contributed by atoms with Crippen LogP contribution in [0.15, 0.2) is 12.3 Å². The van der Waals surface area contributed by atoms with E-state index in [2.05, 4.69) is 13.8 Å². The zero-order valence-electron chi connectivity index (χ0n) is 7.28. The molecule has 0 rings (SSSR count). The lowest BCUT2D eigenvalue weighted by Crippen LogP contribution is -1.97. The summed E-state index contributed by atoms with van der Waals surface area (Å²) in [7, 11) is 0. The maximum atomic E-state index is 9.91. The minimum atomic E-state index is -0.420. The standard InChI is InChI=1S/C8H15NO2/c1-7(2)6-8(3)4-5-9(10)11/h4-5,7-8H,6H2,1-3H3/b5-4+. The zero-order valence-corrected chi connectivity index (χ0v) is 7.28. The van der Waals surface area contributed by atoms with E-state index >= 15 is 0 Å². The van der Waals surface area contributed by atoms with Crippen LogP contribution in [0, 0.1) is 22.0 Å². The van der Waals surface area contributed by atoms with Gasteiger partial charge in [0.1, 0.15) is 0 Å². The summed E-state index contributed by atoms with van der Waals surface area (Å²) < 4.78 is 0. The molecule has 0 fully saturated rings. The minimum Gasteiger partial charge on any atom is -0.259 e. The lowest BCUT2D eigenvalue weighted by Gasteiger charge is -2.06. The summed E-state index contributed by atoms with van der Waals surface area (Å²) in [6.07, 6.45) is 3.66. The van der Waals surface area contributed by atoms with Gasteiger partial charge in [0.05, 0.1) is 4.92 Å². The first-order chi connectivity index (χ1) is 5.02. The second-order valence-electron chi connectivity index (χ2n) is 3.23. The molecule has 0 aliphatic heterocycles. The van der Waals surface area contributed by atoms with Crippen molar-refractivity contribution in [3.05, 3.63) is 22.4 Å². The monoisotopic (exact) mass is 157 g/mol. The van der Waals surface area contributed by atoms with Gasteiger partial charge in [-0.25, -0.2) is 0 Å². The van der Waals surface area contributed by atoms with E-state index < -0.39 is 4.92 Å². The Bertz CT molecular complexity index is 152. The third-order valence-corrected chi connectivity index (χ3v) is 1.38. The molecule has 1 atom stereocenters. The summed E-state index contributed by atoms with van der Waals surface area (Å²) >= 11 is 0. The van der Waals surface area contributed by atoms with E-state index in [1.54, 1.807) is 6.08 Å². The summed E-state index contributed by atoms with van der Waals surface area (Å²) in [6, 6.07) is 0. The lowest BCUT2D eigenvalue weighted by atomic mass is 9.99. The van der Waals surface area contributed by atoms with E-state index in [1.165, 1.54) is 0 Å². The van der Waals surface area contributed by atoms with E-state index in [-0.39, 0.29) is 0 Å². The maximum absolute atomic E-state index is 9.91. The Hall–Kier alpha value is -0.860. The average Bonchev–Trinajstić information content (AvgIpc) is 1.82. The van der Waals surface area contributed by atoms with Gasteiger partial charge in [-0.05, 0) is 24.3 Å². The van der Waals surface area contributed by atoms with Crippen LogP contribution in [0.1, 0.15) is 27.2 Å². The average molecular weight is 157 g/mol. The highest BCUT2D eigenvalue weighted by Gasteiger charge is 2.01. The topological polar surface area (TPSA) is 43.1 Å². The molecular formula is C8H15NO2. The Balaban J connectivity index is 3.68. The van der Waals surface area contributed by atoms with Crippen molar-refractivity contribution >= 4 is 0 Å². The van der Waals surface area contributed by atoms with Crippen molar-refractivity contribution in [1.29, 1.82) is 0 Å². The van der Waals surface area contributed by atoms with Crippen molar-refractivity contribution in [2.45, 2.75) is 27.2 Å². The number of hydrogen-bond donors (Lipinski definition) is 0. The summed E-state index contributed by atoms with van der Waals surface area (Å²) in [4.78, 5) is 9.49. The fourth-order valence-electron chi connectivity index (χ4n) is 1.04. The van der Waals surface area contributed by atoms with E-state index in [4.69, 9.17) is 0 Å². The van der Waals surface area contributed by atoms with Crippen LogP contribution in [-0.2, 0) is 0 Å². The van der Waals surface area contributed by atoms with Crippen LogP contribution < -0.4 is 0 Å². The molecule has 0 aromatic heterocycles. The second-order valence-corrected chi connectivity index (χ2v) is 3.23. The highest BCUT2D eigenvalue weighted by atomic mass is 16.6. The van der Waals surface area contributed by atoms with Gasteiger partial charge in [-0.1, -0.05) is 20.8 Å². The van der Waals surface area contributed by atoms with E-state index in [0.29, 0.717) is 11.8 Å². The zero-order chi connectivity index (χ0) is 8.85. The highest BCUT2D eigenvalue weighted by molar-refractivity contribution is 4.79.